The molecule has 0 spiro atoms. The van der Waals surface area contributed by atoms with Gasteiger partial charge in [-0.3, -0.25) is 4.79 Å². The average molecular weight is 447 g/mol. The smallest absolute Gasteiger partial charge is 0.253 e. The lowest BCUT2D eigenvalue weighted by Gasteiger charge is -2.63. The SMILES string of the molecule is C[C@@H]1[C@@H]2CC(CN1C(=O)[C@@H](N(C)S(=O)(=O)c1ccc(Cl)s1)C(C)(C)C)C2(C)C. The number of fused-ring (bicyclic) bond motifs is 2. The Kier molecular flexibility index (Phi) is 5.49. The van der Waals surface area contributed by atoms with Gasteiger partial charge in [-0.2, -0.15) is 4.31 Å². The summed E-state index contributed by atoms with van der Waals surface area (Å²) in [5.41, 5.74) is -0.296. The van der Waals surface area contributed by atoms with Crippen LogP contribution in [0.4, 0.5) is 0 Å². The highest BCUT2D eigenvalue weighted by Gasteiger charge is 2.58. The van der Waals surface area contributed by atoms with Crippen molar-refractivity contribution < 1.29 is 13.2 Å². The molecule has 3 heterocycles. The van der Waals surface area contributed by atoms with Gasteiger partial charge in [-0.1, -0.05) is 46.2 Å². The molecule has 0 radical (unpaired) electrons. The van der Waals surface area contributed by atoms with E-state index in [2.05, 4.69) is 20.8 Å². The van der Waals surface area contributed by atoms with Crippen molar-refractivity contribution in [1.82, 2.24) is 9.21 Å². The molecule has 28 heavy (non-hydrogen) atoms. The zero-order chi connectivity index (χ0) is 21.2. The van der Waals surface area contributed by atoms with Crippen molar-refractivity contribution in [2.45, 2.75) is 64.3 Å². The van der Waals surface area contributed by atoms with E-state index in [0.29, 0.717) is 22.7 Å². The summed E-state index contributed by atoms with van der Waals surface area (Å²) in [7, 11) is -2.30. The molecule has 3 fully saturated rings. The van der Waals surface area contributed by atoms with Gasteiger partial charge >= 0.3 is 0 Å². The van der Waals surface area contributed by atoms with Gasteiger partial charge in [0.2, 0.25) is 5.91 Å². The molecule has 1 saturated carbocycles. The predicted octanol–water partition coefficient (Wildman–Crippen LogP) is 4.33. The van der Waals surface area contributed by atoms with Gasteiger partial charge in [0.25, 0.3) is 10.0 Å². The van der Waals surface area contributed by atoms with Crippen LogP contribution in [0, 0.1) is 22.7 Å². The maximum atomic E-state index is 13.7. The number of rotatable bonds is 4. The number of likely N-dealkylation sites (N-methyl/N-ethyl adjacent to an activating group) is 1. The Balaban J connectivity index is 1.92. The number of nitrogens with zero attached hydrogens (tertiary/aromatic N) is 2. The number of amides is 1. The van der Waals surface area contributed by atoms with Gasteiger partial charge < -0.3 is 4.90 Å². The molecule has 2 aliphatic heterocycles. The number of hydrogen-bond donors (Lipinski definition) is 0. The minimum Gasteiger partial charge on any atom is -0.338 e. The van der Waals surface area contributed by atoms with E-state index < -0.39 is 21.5 Å². The van der Waals surface area contributed by atoms with Crippen molar-refractivity contribution in [3.8, 4) is 0 Å². The summed E-state index contributed by atoms with van der Waals surface area (Å²) < 4.78 is 28.2. The summed E-state index contributed by atoms with van der Waals surface area (Å²) in [6.07, 6.45) is 1.15. The fourth-order valence-electron chi connectivity index (χ4n) is 5.04. The molecular weight excluding hydrogens is 416 g/mol. The van der Waals surface area contributed by atoms with Gasteiger partial charge in [0, 0.05) is 19.6 Å². The molecule has 158 valence electrons. The highest BCUT2D eigenvalue weighted by atomic mass is 35.5. The van der Waals surface area contributed by atoms with E-state index in [-0.39, 0.29) is 21.6 Å². The number of carbonyl (C=O) groups is 1. The van der Waals surface area contributed by atoms with Crippen molar-refractivity contribution >= 4 is 38.9 Å². The lowest BCUT2D eigenvalue weighted by Crippen LogP contribution is -2.68. The van der Waals surface area contributed by atoms with Crippen LogP contribution < -0.4 is 0 Å². The number of halogens is 1. The van der Waals surface area contributed by atoms with E-state index in [1.807, 2.05) is 25.7 Å². The Morgan fingerprint density at radius 3 is 2.39 bits per heavy atom. The first-order chi connectivity index (χ1) is 12.7. The molecule has 3 aliphatic rings. The summed E-state index contributed by atoms with van der Waals surface area (Å²) in [6.45, 7) is 13.1. The molecule has 2 saturated heterocycles. The van der Waals surface area contributed by atoms with Crippen LogP contribution >= 0.6 is 22.9 Å². The summed E-state index contributed by atoms with van der Waals surface area (Å²) in [5.74, 6) is 0.851. The Morgan fingerprint density at radius 1 is 1.36 bits per heavy atom. The van der Waals surface area contributed by atoms with Gasteiger partial charge in [0.05, 0.1) is 4.34 Å². The number of thiophene rings is 1. The van der Waals surface area contributed by atoms with Crippen LogP contribution in [0.25, 0.3) is 0 Å². The average Bonchev–Trinajstić information content (AvgIpc) is 3.00. The van der Waals surface area contributed by atoms with Crippen LogP contribution in [-0.2, 0) is 14.8 Å². The quantitative estimate of drug-likeness (QED) is 0.691. The van der Waals surface area contributed by atoms with Gasteiger partial charge in [0.15, 0.2) is 0 Å². The molecule has 2 bridgehead atoms. The summed E-state index contributed by atoms with van der Waals surface area (Å²) >= 11 is 6.97. The monoisotopic (exact) mass is 446 g/mol. The van der Waals surface area contributed by atoms with E-state index in [9.17, 15) is 13.2 Å². The number of hydrogen-bond acceptors (Lipinski definition) is 4. The summed E-state index contributed by atoms with van der Waals surface area (Å²) in [4.78, 5) is 15.6. The third kappa shape index (κ3) is 3.42. The first kappa shape index (κ1) is 22.1. The first-order valence-corrected chi connectivity index (χ1v) is 12.4. The lowest BCUT2D eigenvalue weighted by atomic mass is 9.50. The summed E-state index contributed by atoms with van der Waals surface area (Å²) in [6, 6.07) is 2.42. The van der Waals surface area contributed by atoms with E-state index in [0.717, 1.165) is 17.8 Å². The molecule has 0 N–H and O–H groups in total. The number of sulfonamides is 1. The minimum absolute atomic E-state index is 0.0982. The number of carbonyl (C=O) groups excluding carboxylic acids is 1. The fraction of sp³-hybridized carbons (Fsp3) is 0.750. The van der Waals surface area contributed by atoms with E-state index in [1.165, 1.54) is 17.4 Å². The Bertz CT molecular complexity index is 872. The van der Waals surface area contributed by atoms with Crippen LogP contribution in [0.3, 0.4) is 0 Å². The van der Waals surface area contributed by atoms with Crippen LogP contribution in [0.2, 0.25) is 4.34 Å². The normalized spacial score (nSPS) is 28.2. The van der Waals surface area contributed by atoms with Gasteiger partial charge in [-0.05, 0) is 48.1 Å². The molecule has 1 aliphatic carbocycles. The molecule has 8 heteroatoms. The second-order valence-corrected chi connectivity index (χ2v) is 13.9. The molecule has 1 unspecified atom stereocenters. The lowest BCUT2D eigenvalue weighted by molar-refractivity contribution is -0.171. The Labute approximate surface area is 178 Å². The molecule has 4 rings (SSSR count). The highest BCUT2D eigenvalue weighted by molar-refractivity contribution is 7.91. The second-order valence-electron chi connectivity index (χ2n) is 9.94. The van der Waals surface area contributed by atoms with Crippen LogP contribution in [0.1, 0.15) is 48.0 Å². The van der Waals surface area contributed by atoms with Crippen molar-refractivity contribution in [3.05, 3.63) is 16.5 Å². The molecule has 0 aromatic carbocycles. The molecule has 1 aromatic rings. The van der Waals surface area contributed by atoms with Gasteiger partial charge in [0.1, 0.15) is 10.3 Å². The maximum absolute atomic E-state index is 13.7. The van der Waals surface area contributed by atoms with E-state index >= 15 is 0 Å². The minimum atomic E-state index is -3.81. The topological polar surface area (TPSA) is 57.7 Å². The van der Waals surface area contributed by atoms with Crippen LogP contribution in [-0.4, -0.2) is 49.2 Å². The van der Waals surface area contributed by atoms with Gasteiger partial charge in [-0.25, -0.2) is 8.42 Å². The standard InChI is InChI=1S/C20H31ClN2O3S2/c1-12-14-10-13(20(14,5)6)11-23(12)18(24)17(19(2,3)4)22(7)28(25,26)16-9-8-15(21)27-16/h8-9,12-14,17H,10-11H2,1-7H3/t12-,13?,14+,17-/m1/s1. The zero-order valence-corrected chi connectivity index (χ0v) is 20.1. The molecule has 5 nitrogen and oxygen atoms in total. The van der Waals surface area contributed by atoms with Crippen molar-refractivity contribution in [2.24, 2.45) is 22.7 Å². The second kappa shape index (κ2) is 6.96. The maximum Gasteiger partial charge on any atom is 0.253 e. The van der Waals surface area contributed by atoms with Gasteiger partial charge in [-0.15, -0.1) is 11.3 Å². The number of piperidine rings is 2. The predicted molar refractivity (Wildman–Crippen MR) is 114 cm³/mol. The first-order valence-electron chi connectivity index (χ1n) is 9.73. The third-order valence-electron chi connectivity index (χ3n) is 6.92. The highest BCUT2D eigenvalue weighted by Crippen LogP contribution is 2.57. The Morgan fingerprint density at radius 2 is 1.96 bits per heavy atom. The zero-order valence-electron chi connectivity index (χ0n) is 17.7. The largest absolute Gasteiger partial charge is 0.338 e. The fourth-order valence-corrected chi connectivity index (χ4v) is 8.21. The Hall–Kier alpha value is -0.630. The van der Waals surface area contributed by atoms with Crippen molar-refractivity contribution in [2.75, 3.05) is 13.6 Å². The molecule has 1 aromatic heterocycles. The van der Waals surface area contributed by atoms with E-state index in [1.54, 1.807) is 6.07 Å². The molecular formula is C20H31ClN2O3S2. The summed E-state index contributed by atoms with van der Waals surface area (Å²) in [5, 5.41) is 0. The van der Waals surface area contributed by atoms with Crippen molar-refractivity contribution in [3.63, 3.8) is 0 Å². The third-order valence-corrected chi connectivity index (χ3v) is 10.4. The van der Waals surface area contributed by atoms with E-state index in [4.69, 9.17) is 11.6 Å². The molecule has 4 atom stereocenters. The van der Waals surface area contributed by atoms with Crippen LogP contribution in [0.5, 0.6) is 0 Å². The van der Waals surface area contributed by atoms with Crippen molar-refractivity contribution in [1.29, 1.82) is 0 Å². The molecule has 1 amide bonds. The van der Waals surface area contributed by atoms with Crippen LogP contribution in [0.15, 0.2) is 16.3 Å².